The molecule has 0 aliphatic rings. The van der Waals surface area contributed by atoms with E-state index in [1.54, 1.807) is 18.2 Å². The van der Waals surface area contributed by atoms with Gasteiger partial charge in [0.05, 0.1) is 17.1 Å². The van der Waals surface area contributed by atoms with Gasteiger partial charge >= 0.3 is 0 Å². The first-order chi connectivity index (χ1) is 5.79. The SMILES string of the molecule is CCOc1cccc(C#N)c1S. The van der Waals surface area contributed by atoms with Crippen molar-refractivity contribution in [1.29, 1.82) is 5.26 Å². The summed E-state index contributed by atoms with van der Waals surface area (Å²) in [5, 5.41) is 8.66. The Morgan fingerprint density at radius 2 is 2.33 bits per heavy atom. The third-order valence-corrected chi connectivity index (χ3v) is 1.88. The predicted octanol–water partition coefficient (Wildman–Crippen LogP) is 2.25. The third-order valence-electron chi connectivity index (χ3n) is 1.42. The highest BCUT2D eigenvalue weighted by Gasteiger charge is 2.03. The largest absolute Gasteiger partial charge is 0.493 e. The van der Waals surface area contributed by atoms with E-state index in [0.29, 0.717) is 22.8 Å². The number of ether oxygens (including phenoxy) is 1. The predicted molar refractivity (Wildman–Crippen MR) is 49.6 cm³/mol. The van der Waals surface area contributed by atoms with Gasteiger partial charge in [0.2, 0.25) is 0 Å². The van der Waals surface area contributed by atoms with E-state index in [1.165, 1.54) is 0 Å². The standard InChI is InChI=1S/C9H9NOS/c1-2-11-8-5-3-4-7(6-10)9(8)12/h3-5,12H,2H2,1H3. The van der Waals surface area contributed by atoms with Crippen LogP contribution >= 0.6 is 12.6 Å². The third kappa shape index (κ3) is 1.72. The van der Waals surface area contributed by atoms with Crippen LogP contribution in [-0.4, -0.2) is 6.61 Å². The minimum atomic E-state index is 0.546. The number of rotatable bonds is 2. The summed E-state index contributed by atoms with van der Waals surface area (Å²) in [7, 11) is 0. The quantitative estimate of drug-likeness (QED) is 0.706. The van der Waals surface area contributed by atoms with Crippen molar-refractivity contribution in [1.82, 2.24) is 0 Å². The van der Waals surface area contributed by atoms with Crippen LogP contribution < -0.4 is 4.74 Å². The van der Waals surface area contributed by atoms with E-state index in [9.17, 15) is 0 Å². The lowest BCUT2D eigenvalue weighted by atomic mass is 10.2. The van der Waals surface area contributed by atoms with Gasteiger partial charge in [0.25, 0.3) is 0 Å². The summed E-state index contributed by atoms with van der Waals surface area (Å²) in [4.78, 5) is 0.613. The monoisotopic (exact) mass is 179 g/mol. The van der Waals surface area contributed by atoms with E-state index >= 15 is 0 Å². The molecule has 0 amide bonds. The van der Waals surface area contributed by atoms with Gasteiger partial charge in [0.1, 0.15) is 11.8 Å². The molecule has 0 aromatic heterocycles. The lowest BCUT2D eigenvalue weighted by Gasteiger charge is -2.05. The molecular formula is C9H9NOS. The van der Waals surface area contributed by atoms with Crippen molar-refractivity contribution in [2.24, 2.45) is 0 Å². The lowest BCUT2D eigenvalue weighted by Crippen LogP contribution is -1.93. The van der Waals surface area contributed by atoms with Crippen molar-refractivity contribution in [3.63, 3.8) is 0 Å². The first-order valence-corrected chi connectivity index (χ1v) is 4.09. The van der Waals surface area contributed by atoms with Gasteiger partial charge in [0, 0.05) is 0 Å². The van der Waals surface area contributed by atoms with E-state index in [-0.39, 0.29) is 0 Å². The molecule has 0 aliphatic heterocycles. The molecule has 2 nitrogen and oxygen atoms in total. The molecule has 0 fully saturated rings. The van der Waals surface area contributed by atoms with Gasteiger partial charge in [-0.2, -0.15) is 5.26 Å². The number of benzene rings is 1. The first kappa shape index (κ1) is 8.95. The highest BCUT2D eigenvalue weighted by molar-refractivity contribution is 7.80. The van der Waals surface area contributed by atoms with E-state index < -0.39 is 0 Å². The molecule has 1 aromatic rings. The minimum Gasteiger partial charge on any atom is -0.493 e. The second-order valence-corrected chi connectivity index (χ2v) is 2.64. The van der Waals surface area contributed by atoms with Crippen molar-refractivity contribution >= 4 is 12.6 Å². The summed E-state index contributed by atoms with van der Waals surface area (Å²) in [5.74, 6) is 0.667. The van der Waals surface area contributed by atoms with Gasteiger partial charge in [-0.15, -0.1) is 12.6 Å². The molecule has 0 unspecified atom stereocenters. The Hall–Kier alpha value is -1.14. The van der Waals surface area contributed by atoms with E-state index in [4.69, 9.17) is 10.00 Å². The van der Waals surface area contributed by atoms with Crippen molar-refractivity contribution in [3.05, 3.63) is 23.8 Å². The summed E-state index contributed by atoms with van der Waals surface area (Å²) in [5.41, 5.74) is 0.546. The molecule has 0 heterocycles. The second-order valence-electron chi connectivity index (χ2n) is 2.20. The molecule has 3 heteroatoms. The van der Waals surface area contributed by atoms with Gasteiger partial charge < -0.3 is 4.74 Å². The van der Waals surface area contributed by atoms with Crippen LogP contribution in [0.2, 0.25) is 0 Å². The highest BCUT2D eigenvalue weighted by atomic mass is 32.1. The van der Waals surface area contributed by atoms with Gasteiger partial charge in [-0.05, 0) is 19.1 Å². The number of hydrogen-bond donors (Lipinski definition) is 1. The fraction of sp³-hybridized carbons (Fsp3) is 0.222. The zero-order valence-electron chi connectivity index (χ0n) is 6.74. The Kier molecular flexibility index (Phi) is 3.01. The summed E-state index contributed by atoms with van der Waals surface area (Å²) in [6, 6.07) is 7.33. The van der Waals surface area contributed by atoms with Crippen LogP contribution in [0, 0.1) is 11.3 Å². The summed E-state index contributed by atoms with van der Waals surface area (Å²) in [6.07, 6.45) is 0. The summed E-state index contributed by atoms with van der Waals surface area (Å²) in [6.45, 7) is 2.48. The van der Waals surface area contributed by atoms with Crippen LogP contribution in [0.3, 0.4) is 0 Å². The van der Waals surface area contributed by atoms with Crippen molar-refractivity contribution < 1.29 is 4.74 Å². The van der Waals surface area contributed by atoms with Crippen molar-refractivity contribution in [2.45, 2.75) is 11.8 Å². The zero-order chi connectivity index (χ0) is 8.97. The molecule has 1 aromatic carbocycles. The lowest BCUT2D eigenvalue weighted by molar-refractivity contribution is 0.332. The maximum Gasteiger partial charge on any atom is 0.133 e. The van der Waals surface area contributed by atoms with Crippen LogP contribution in [-0.2, 0) is 0 Å². The molecule has 0 aliphatic carbocycles. The number of nitrogens with zero attached hydrogens (tertiary/aromatic N) is 1. The van der Waals surface area contributed by atoms with Crippen LogP contribution in [0.1, 0.15) is 12.5 Å². The molecule has 1 rings (SSSR count). The van der Waals surface area contributed by atoms with Gasteiger partial charge in [0.15, 0.2) is 0 Å². The van der Waals surface area contributed by atoms with E-state index in [0.717, 1.165) is 0 Å². The van der Waals surface area contributed by atoms with Crippen molar-refractivity contribution in [2.75, 3.05) is 6.61 Å². The molecule has 0 bridgehead atoms. The minimum absolute atomic E-state index is 0.546. The average Bonchev–Trinajstić information content (AvgIpc) is 2.09. The summed E-state index contributed by atoms with van der Waals surface area (Å²) < 4.78 is 5.25. The van der Waals surface area contributed by atoms with E-state index in [1.807, 2.05) is 13.0 Å². The molecule has 0 saturated carbocycles. The fourth-order valence-corrected chi connectivity index (χ4v) is 1.15. The number of thiol groups is 1. The number of hydrogen-bond acceptors (Lipinski definition) is 3. The molecular weight excluding hydrogens is 170 g/mol. The Morgan fingerprint density at radius 1 is 1.58 bits per heavy atom. The molecule has 0 N–H and O–H groups in total. The summed E-state index contributed by atoms with van der Waals surface area (Å²) >= 11 is 4.18. The van der Waals surface area contributed by atoms with E-state index in [2.05, 4.69) is 12.6 Å². The Balaban J connectivity index is 3.07. The molecule has 0 radical (unpaired) electrons. The van der Waals surface area contributed by atoms with Crippen LogP contribution in [0.25, 0.3) is 0 Å². The smallest absolute Gasteiger partial charge is 0.133 e. The molecule has 0 atom stereocenters. The first-order valence-electron chi connectivity index (χ1n) is 3.64. The van der Waals surface area contributed by atoms with Crippen LogP contribution in [0.4, 0.5) is 0 Å². The Labute approximate surface area is 77.2 Å². The highest BCUT2D eigenvalue weighted by Crippen LogP contribution is 2.25. The Bertz CT molecular complexity index is 317. The second kappa shape index (κ2) is 4.03. The van der Waals surface area contributed by atoms with Gasteiger partial charge in [-0.25, -0.2) is 0 Å². The van der Waals surface area contributed by atoms with Crippen LogP contribution in [0.15, 0.2) is 23.1 Å². The fourth-order valence-electron chi connectivity index (χ4n) is 0.885. The van der Waals surface area contributed by atoms with Crippen molar-refractivity contribution in [3.8, 4) is 11.8 Å². The normalized spacial score (nSPS) is 9.08. The molecule has 62 valence electrons. The van der Waals surface area contributed by atoms with Gasteiger partial charge in [-0.1, -0.05) is 6.07 Å². The molecule has 0 saturated heterocycles. The number of nitriles is 1. The maximum atomic E-state index is 8.66. The topological polar surface area (TPSA) is 33.0 Å². The van der Waals surface area contributed by atoms with Crippen LogP contribution in [0.5, 0.6) is 5.75 Å². The average molecular weight is 179 g/mol. The molecule has 12 heavy (non-hydrogen) atoms. The van der Waals surface area contributed by atoms with Gasteiger partial charge in [-0.3, -0.25) is 0 Å². The Morgan fingerprint density at radius 3 is 2.92 bits per heavy atom. The zero-order valence-corrected chi connectivity index (χ0v) is 7.64. The maximum absolute atomic E-state index is 8.66. The molecule has 0 spiro atoms.